The van der Waals surface area contributed by atoms with Crippen molar-refractivity contribution in [2.24, 2.45) is 0 Å². The molecule has 2 aromatic heterocycles. The molecule has 0 fully saturated rings. The second kappa shape index (κ2) is 3.58. The molecule has 2 nitrogen and oxygen atoms in total. The predicted molar refractivity (Wildman–Crippen MR) is 58.9 cm³/mol. The molecular formula is C8H3BrN2S2. The van der Waals surface area contributed by atoms with Gasteiger partial charge in [0.1, 0.15) is 0 Å². The summed E-state index contributed by atoms with van der Waals surface area (Å²) in [5.74, 6) is 2.46. The van der Waals surface area contributed by atoms with E-state index in [0.717, 1.165) is 13.7 Å². The predicted octanol–water partition coefficient (Wildman–Crippen LogP) is 3.01. The fourth-order valence-electron chi connectivity index (χ4n) is 0.810. The quantitative estimate of drug-likeness (QED) is 0.745. The second-order valence-electron chi connectivity index (χ2n) is 2.16. The first kappa shape index (κ1) is 8.88. The van der Waals surface area contributed by atoms with Crippen LogP contribution >= 0.6 is 38.6 Å². The molecular weight excluding hydrogens is 268 g/mol. The van der Waals surface area contributed by atoms with Crippen molar-refractivity contribution in [2.75, 3.05) is 0 Å². The van der Waals surface area contributed by atoms with Crippen LogP contribution in [0.5, 0.6) is 0 Å². The topological polar surface area (TPSA) is 25.8 Å². The van der Waals surface area contributed by atoms with Gasteiger partial charge in [-0.3, -0.25) is 0 Å². The Hall–Kier alpha value is -0.700. The van der Waals surface area contributed by atoms with E-state index in [1.54, 1.807) is 11.3 Å². The minimum absolute atomic E-state index is 0.625. The molecule has 0 radical (unpaired) electrons. The molecule has 0 unspecified atom stereocenters. The zero-order valence-corrected chi connectivity index (χ0v) is 9.54. The van der Waals surface area contributed by atoms with Crippen molar-refractivity contribution in [1.29, 1.82) is 0 Å². The van der Waals surface area contributed by atoms with E-state index in [2.05, 4.69) is 32.0 Å². The number of rotatable bonds is 1. The van der Waals surface area contributed by atoms with E-state index in [0.29, 0.717) is 5.01 Å². The normalized spacial score (nSPS) is 9.85. The molecule has 0 aromatic carbocycles. The SMILES string of the molecule is C#Cc1nnc(-c2ccc(Br)s2)s1. The van der Waals surface area contributed by atoms with Gasteiger partial charge in [-0.15, -0.1) is 28.0 Å². The van der Waals surface area contributed by atoms with E-state index in [9.17, 15) is 0 Å². The Morgan fingerprint density at radius 3 is 2.69 bits per heavy atom. The van der Waals surface area contributed by atoms with Gasteiger partial charge in [-0.1, -0.05) is 11.3 Å². The summed E-state index contributed by atoms with van der Waals surface area (Å²) in [5, 5.41) is 9.33. The van der Waals surface area contributed by atoms with E-state index in [1.807, 2.05) is 12.1 Å². The lowest BCUT2D eigenvalue weighted by molar-refractivity contribution is 1.08. The lowest BCUT2D eigenvalue weighted by Gasteiger charge is -1.82. The molecule has 0 atom stereocenters. The van der Waals surface area contributed by atoms with Crippen LogP contribution in [0.25, 0.3) is 9.88 Å². The molecule has 13 heavy (non-hydrogen) atoms. The number of halogens is 1. The number of aromatic nitrogens is 2. The Kier molecular flexibility index (Phi) is 2.44. The van der Waals surface area contributed by atoms with E-state index < -0.39 is 0 Å². The number of hydrogen-bond acceptors (Lipinski definition) is 4. The van der Waals surface area contributed by atoms with Crippen molar-refractivity contribution in [3.05, 3.63) is 20.9 Å². The largest absolute Gasteiger partial charge is 0.191 e. The standard InChI is InChI=1S/C8H3BrN2S2/c1-2-7-10-11-8(13-7)5-3-4-6(9)12-5/h1,3-4H. The Morgan fingerprint density at radius 1 is 1.31 bits per heavy atom. The van der Waals surface area contributed by atoms with Crippen molar-refractivity contribution in [2.45, 2.75) is 0 Å². The summed E-state index contributed by atoms with van der Waals surface area (Å²) < 4.78 is 1.08. The lowest BCUT2D eigenvalue weighted by Crippen LogP contribution is -1.71. The van der Waals surface area contributed by atoms with Gasteiger partial charge >= 0.3 is 0 Å². The first-order chi connectivity index (χ1) is 6.29. The van der Waals surface area contributed by atoms with Crippen molar-refractivity contribution >= 4 is 38.6 Å². The molecule has 0 saturated carbocycles. The van der Waals surface area contributed by atoms with E-state index in [1.165, 1.54) is 11.3 Å². The highest BCUT2D eigenvalue weighted by molar-refractivity contribution is 9.11. The third-order valence-electron chi connectivity index (χ3n) is 1.33. The molecule has 0 aliphatic rings. The van der Waals surface area contributed by atoms with Crippen LogP contribution in [0.3, 0.4) is 0 Å². The molecule has 0 N–H and O–H groups in total. The van der Waals surface area contributed by atoms with Gasteiger partial charge in [0.25, 0.3) is 0 Å². The average molecular weight is 271 g/mol. The van der Waals surface area contributed by atoms with Crippen molar-refractivity contribution in [3.63, 3.8) is 0 Å². The Balaban J connectivity index is 2.42. The molecule has 0 saturated heterocycles. The highest BCUT2D eigenvalue weighted by Crippen LogP contribution is 2.32. The lowest BCUT2D eigenvalue weighted by atomic mass is 10.5. The van der Waals surface area contributed by atoms with Gasteiger partial charge in [0.2, 0.25) is 0 Å². The van der Waals surface area contributed by atoms with Crippen LogP contribution in [-0.4, -0.2) is 10.2 Å². The Bertz CT molecular complexity index is 466. The van der Waals surface area contributed by atoms with E-state index >= 15 is 0 Å². The fourth-order valence-corrected chi connectivity index (χ4v) is 2.90. The second-order valence-corrected chi connectivity index (χ2v) is 5.60. The Labute approximate surface area is 91.8 Å². The molecule has 0 amide bonds. The molecule has 2 heterocycles. The minimum Gasteiger partial charge on any atom is -0.136 e. The van der Waals surface area contributed by atoms with Crippen LogP contribution in [0.2, 0.25) is 0 Å². The molecule has 0 bridgehead atoms. The third-order valence-corrected chi connectivity index (χ3v) is 3.98. The number of thiophene rings is 1. The van der Waals surface area contributed by atoms with Crippen LogP contribution in [0, 0.1) is 12.3 Å². The first-order valence-corrected chi connectivity index (χ1v) is 5.78. The van der Waals surface area contributed by atoms with Crippen molar-refractivity contribution in [1.82, 2.24) is 10.2 Å². The summed E-state index contributed by atoms with van der Waals surface area (Å²) in [4.78, 5) is 1.09. The van der Waals surface area contributed by atoms with Gasteiger partial charge in [-0.05, 0) is 34.0 Å². The van der Waals surface area contributed by atoms with E-state index in [-0.39, 0.29) is 0 Å². The van der Waals surface area contributed by atoms with Crippen LogP contribution < -0.4 is 0 Å². The van der Waals surface area contributed by atoms with Crippen LogP contribution in [0.4, 0.5) is 0 Å². The first-order valence-electron chi connectivity index (χ1n) is 3.35. The molecule has 0 spiro atoms. The number of nitrogens with zero attached hydrogens (tertiary/aromatic N) is 2. The maximum absolute atomic E-state index is 5.20. The molecule has 2 rings (SSSR count). The Morgan fingerprint density at radius 2 is 2.15 bits per heavy atom. The molecule has 0 aliphatic heterocycles. The molecule has 64 valence electrons. The van der Waals surface area contributed by atoms with Gasteiger partial charge in [-0.2, -0.15) is 0 Å². The molecule has 0 aliphatic carbocycles. The van der Waals surface area contributed by atoms with Crippen LogP contribution in [-0.2, 0) is 0 Å². The molecule has 2 aromatic rings. The maximum Gasteiger partial charge on any atom is 0.191 e. The van der Waals surface area contributed by atoms with Gasteiger partial charge in [0.15, 0.2) is 10.0 Å². The summed E-state index contributed by atoms with van der Waals surface area (Å²) in [7, 11) is 0. The third kappa shape index (κ3) is 1.80. The van der Waals surface area contributed by atoms with Gasteiger partial charge in [0.05, 0.1) is 8.66 Å². The zero-order valence-electron chi connectivity index (χ0n) is 6.32. The highest BCUT2D eigenvalue weighted by atomic mass is 79.9. The van der Waals surface area contributed by atoms with Gasteiger partial charge < -0.3 is 0 Å². The van der Waals surface area contributed by atoms with Crippen LogP contribution in [0.15, 0.2) is 15.9 Å². The monoisotopic (exact) mass is 270 g/mol. The maximum atomic E-state index is 5.20. The van der Waals surface area contributed by atoms with Gasteiger partial charge in [-0.25, -0.2) is 0 Å². The summed E-state index contributed by atoms with van der Waals surface area (Å²) in [6, 6.07) is 3.98. The minimum atomic E-state index is 0.625. The van der Waals surface area contributed by atoms with Crippen LogP contribution in [0.1, 0.15) is 5.01 Å². The molecule has 5 heteroatoms. The fraction of sp³-hybridized carbons (Fsp3) is 0. The summed E-state index contributed by atoms with van der Waals surface area (Å²) in [5.41, 5.74) is 0. The summed E-state index contributed by atoms with van der Waals surface area (Å²) in [6.45, 7) is 0. The summed E-state index contributed by atoms with van der Waals surface area (Å²) >= 11 is 6.44. The number of hydrogen-bond donors (Lipinski definition) is 0. The van der Waals surface area contributed by atoms with Gasteiger partial charge in [0, 0.05) is 0 Å². The zero-order chi connectivity index (χ0) is 9.26. The average Bonchev–Trinajstić information content (AvgIpc) is 2.71. The van der Waals surface area contributed by atoms with Crippen molar-refractivity contribution < 1.29 is 0 Å². The van der Waals surface area contributed by atoms with E-state index in [4.69, 9.17) is 6.42 Å². The highest BCUT2D eigenvalue weighted by Gasteiger charge is 2.06. The van der Waals surface area contributed by atoms with Crippen molar-refractivity contribution in [3.8, 4) is 22.2 Å². The summed E-state index contributed by atoms with van der Waals surface area (Å²) in [6.07, 6.45) is 5.20. The number of terminal acetylenes is 1. The smallest absolute Gasteiger partial charge is 0.136 e.